The summed E-state index contributed by atoms with van der Waals surface area (Å²) < 4.78 is 4.94. The Balaban J connectivity index is 3.12. The smallest absolute Gasteiger partial charge is 0.409 e. The molecule has 3 nitrogen and oxygen atoms in total. The van der Waals surface area contributed by atoms with Crippen molar-refractivity contribution in [1.29, 1.82) is 0 Å². The van der Waals surface area contributed by atoms with Gasteiger partial charge in [0.1, 0.15) is 0 Å². The van der Waals surface area contributed by atoms with Gasteiger partial charge in [-0.25, -0.2) is 4.79 Å². The average Bonchev–Trinajstić information content (AvgIpc) is 2.10. The maximum Gasteiger partial charge on any atom is 0.409 e. The van der Waals surface area contributed by atoms with Crippen LogP contribution in [0.25, 0.3) is 0 Å². The molecule has 0 fully saturated rings. The summed E-state index contributed by atoms with van der Waals surface area (Å²) in [4.78, 5) is 12.3. The van der Waals surface area contributed by atoms with Gasteiger partial charge in [0.15, 0.2) is 0 Å². The predicted molar refractivity (Wildman–Crippen MR) is 54.2 cm³/mol. The Kier molecular flexibility index (Phi) is 7.90. The second kappa shape index (κ2) is 8.17. The number of hydrogen-bond acceptors (Lipinski definition) is 2. The van der Waals surface area contributed by atoms with Gasteiger partial charge in [0.25, 0.3) is 0 Å². The number of halogens is 1. The first-order chi connectivity index (χ1) is 6.18. The van der Waals surface area contributed by atoms with Crippen molar-refractivity contribution < 1.29 is 9.53 Å². The van der Waals surface area contributed by atoms with Crippen LogP contribution in [0.2, 0.25) is 0 Å². The van der Waals surface area contributed by atoms with Gasteiger partial charge in [-0.3, -0.25) is 0 Å². The van der Waals surface area contributed by atoms with Gasteiger partial charge in [-0.15, -0.1) is 11.6 Å². The first kappa shape index (κ1) is 12.6. The van der Waals surface area contributed by atoms with Crippen LogP contribution in [0.3, 0.4) is 0 Å². The quantitative estimate of drug-likeness (QED) is 0.495. The van der Waals surface area contributed by atoms with E-state index in [2.05, 4.69) is 0 Å². The van der Waals surface area contributed by atoms with Crippen LogP contribution < -0.4 is 0 Å². The average molecular weight is 208 g/mol. The molecule has 78 valence electrons. The first-order valence-electron chi connectivity index (χ1n) is 4.58. The van der Waals surface area contributed by atoms with Crippen molar-refractivity contribution in [2.24, 2.45) is 0 Å². The Morgan fingerprint density at radius 2 is 1.85 bits per heavy atom. The van der Waals surface area contributed by atoms with Gasteiger partial charge < -0.3 is 9.64 Å². The van der Waals surface area contributed by atoms with Crippen LogP contribution in [0.15, 0.2) is 0 Å². The zero-order chi connectivity index (χ0) is 10.1. The molecule has 0 N–H and O–H groups in total. The molecule has 0 bridgehead atoms. The third-order valence-electron chi connectivity index (χ3n) is 1.62. The van der Waals surface area contributed by atoms with Crippen molar-refractivity contribution in [3.63, 3.8) is 0 Å². The number of nitrogens with zero attached hydrogens (tertiary/aromatic N) is 1. The van der Waals surface area contributed by atoms with Gasteiger partial charge >= 0.3 is 6.09 Å². The molecule has 0 saturated carbocycles. The molecule has 0 aromatic heterocycles. The van der Waals surface area contributed by atoms with E-state index in [9.17, 15) is 4.79 Å². The maximum atomic E-state index is 10.9. The fourth-order valence-electron chi connectivity index (χ4n) is 0.839. The topological polar surface area (TPSA) is 29.5 Å². The van der Waals surface area contributed by atoms with E-state index in [0.29, 0.717) is 6.61 Å². The zero-order valence-corrected chi connectivity index (χ0v) is 9.14. The number of rotatable bonds is 6. The standard InChI is InChI=1S/C9H18ClNO2/c1-11(2)9(12)13-8-6-4-3-5-7-10/h3-8H2,1-2H3. The number of ether oxygens (including phenoxy) is 1. The lowest BCUT2D eigenvalue weighted by atomic mass is 10.2. The van der Waals surface area contributed by atoms with E-state index < -0.39 is 0 Å². The SMILES string of the molecule is CN(C)C(=O)OCCCCCCCl. The van der Waals surface area contributed by atoms with Gasteiger partial charge in [0.2, 0.25) is 0 Å². The van der Waals surface area contributed by atoms with Gasteiger partial charge in [-0.1, -0.05) is 12.8 Å². The molecule has 0 unspecified atom stereocenters. The van der Waals surface area contributed by atoms with Crippen LogP contribution in [0.4, 0.5) is 4.79 Å². The Morgan fingerprint density at radius 1 is 1.23 bits per heavy atom. The Morgan fingerprint density at radius 3 is 2.38 bits per heavy atom. The molecule has 0 aromatic carbocycles. The summed E-state index contributed by atoms with van der Waals surface area (Å²) in [6.45, 7) is 0.513. The van der Waals surface area contributed by atoms with Crippen molar-refractivity contribution in [3.05, 3.63) is 0 Å². The second-order valence-electron chi connectivity index (χ2n) is 3.11. The molecule has 1 amide bonds. The van der Waals surface area contributed by atoms with E-state index >= 15 is 0 Å². The summed E-state index contributed by atoms with van der Waals surface area (Å²) in [5, 5.41) is 0. The first-order valence-corrected chi connectivity index (χ1v) is 5.12. The molecule has 0 radical (unpaired) electrons. The van der Waals surface area contributed by atoms with Crippen molar-refractivity contribution in [2.75, 3.05) is 26.6 Å². The molecule has 0 aromatic rings. The highest BCUT2D eigenvalue weighted by molar-refractivity contribution is 6.17. The van der Waals surface area contributed by atoms with E-state index in [1.54, 1.807) is 14.1 Å². The van der Waals surface area contributed by atoms with Gasteiger partial charge in [-0.2, -0.15) is 0 Å². The van der Waals surface area contributed by atoms with E-state index in [1.807, 2.05) is 0 Å². The fourth-order valence-corrected chi connectivity index (χ4v) is 1.03. The Labute approximate surface area is 85.0 Å². The molecule has 0 aliphatic heterocycles. The minimum absolute atomic E-state index is 0.266. The minimum Gasteiger partial charge on any atom is -0.449 e. The monoisotopic (exact) mass is 207 g/mol. The summed E-state index contributed by atoms with van der Waals surface area (Å²) in [6, 6.07) is 0. The summed E-state index contributed by atoms with van der Waals surface area (Å²) in [5.74, 6) is 0.720. The predicted octanol–water partition coefficient (Wildman–Crippen LogP) is 2.48. The normalized spacial score (nSPS) is 9.77. The Bertz CT molecular complexity index is 140. The molecule has 4 heteroatoms. The van der Waals surface area contributed by atoms with Crippen molar-refractivity contribution in [2.45, 2.75) is 25.7 Å². The highest BCUT2D eigenvalue weighted by Gasteiger charge is 2.02. The van der Waals surface area contributed by atoms with E-state index in [0.717, 1.165) is 31.6 Å². The van der Waals surface area contributed by atoms with E-state index in [-0.39, 0.29) is 6.09 Å². The number of amides is 1. The molecular weight excluding hydrogens is 190 g/mol. The number of carbonyl (C=O) groups is 1. The highest BCUT2D eigenvalue weighted by atomic mass is 35.5. The molecule has 0 aliphatic carbocycles. The third kappa shape index (κ3) is 7.91. The van der Waals surface area contributed by atoms with Crippen LogP contribution in [0.1, 0.15) is 25.7 Å². The third-order valence-corrected chi connectivity index (χ3v) is 1.89. The van der Waals surface area contributed by atoms with Gasteiger partial charge in [-0.05, 0) is 12.8 Å². The molecule has 0 aliphatic rings. The number of unbranched alkanes of at least 4 members (excludes halogenated alkanes) is 3. The fraction of sp³-hybridized carbons (Fsp3) is 0.889. The lowest BCUT2D eigenvalue weighted by Gasteiger charge is -2.10. The lowest BCUT2D eigenvalue weighted by molar-refractivity contribution is 0.116. The highest BCUT2D eigenvalue weighted by Crippen LogP contribution is 2.01. The summed E-state index contributed by atoms with van der Waals surface area (Å²) >= 11 is 5.51. The van der Waals surface area contributed by atoms with E-state index in [4.69, 9.17) is 16.3 Å². The molecule has 13 heavy (non-hydrogen) atoms. The van der Waals surface area contributed by atoms with Crippen molar-refractivity contribution >= 4 is 17.7 Å². The van der Waals surface area contributed by atoms with Gasteiger partial charge in [0.05, 0.1) is 6.61 Å². The van der Waals surface area contributed by atoms with Crippen LogP contribution in [-0.2, 0) is 4.74 Å². The minimum atomic E-state index is -0.266. The number of hydrogen-bond donors (Lipinski definition) is 0. The molecule has 0 rings (SSSR count). The summed E-state index contributed by atoms with van der Waals surface area (Å²) in [6.07, 6.45) is 3.90. The van der Waals surface area contributed by atoms with Crippen LogP contribution in [-0.4, -0.2) is 37.6 Å². The summed E-state index contributed by atoms with van der Waals surface area (Å²) in [5.41, 5.74) is 0. The van der Waals surface area contributed by atoms with Crippen LogP contribution in [0.5, 0.6) is 0 Å². The Hall–Kier alpha value is -0.440. The number of alkyl halides is 1. The lowest BCUT2D eigenvalue weighted by Crippen LogP contribution is -2.23. The largest absolute Gasteiger partial charge is 0.449 e. The molecule has 0 spiro atoms. The van der Waals surface area contributed by atoms with Crippen LogP contribution >= 0.6 is 11.6 Å². The van der Waals surface area contributed by atoms with Gasteiger partial charge in [0, 0.05) is 20.0 Å². The molecule has 0 saturated heterocycles. The molecule has 0 atom stereocenters. The van der Waals surface area contributed by atoms with Crippen molar-refractivity contribution in [3.8, 4) is 0 Å². The molecular formula is C9H18ClNO2. The zero-order valence-electron chi connectivity index (χ0n) is 8.38. The number of carbonyl (C=O) groups excluding carboxylic acids is 1. The van der Waals surface area contributed by atoms with Crippen LogP contribution in [0, 0.1) is 0 Å². The van der Waals surface area contributed by atoms with Crippen molar-refractivity contribution in [1.82, 2.24) is 4.90 Å². The summed E-state index contributed by atoms with van der Waals surface area (Å²) in [7, 11) is 3.35. The molecule has 0 heterocycles. The van der Waals surface area contributed by atoms with E-state index in [1.165, 1.54) is 4.90 Å². The second-order valence-corrected chi connectivity index (χ2v) is 3.49. The maximum absolute atomic E-state index is 10.9.